The van der Waals surface area contributed by atoms with E-state index in [4.69, 9.17) is 9.47 Å². The Hall–Kier alpha value is -0.830. The van der Waals surface area contributed by atoms with Gasteiger partial charge in [-0.1, -0.05) is 13.8 Å². The Bertz CT molecular complexity index is 267. The van der Waals surface area contributed by atoms with E-state index < -0.39 is 0 Å². The summed E-state index contributed by atoms with van der Waals surface area (Å²) in [6, 6.07) is 0. The maximum absolute atomic E-state index is 11.8. The molecule has 3 heteroatoms. The third kappa shape index (κ3) is 1.37. The number of hydrogen-bond acceptors (Lipinski definition) is 3. The lowest BCUT2D eigenvalue weighted by Crippen LogP contribution is -2.32. The summed E-state index contributed by atoms with van der Waals surface area (Å²) in [4.78, 5) is 11.8. The second-order valence-electron chi connectivity index (χ2n) is 3.85. The molecule has 0 aromatic carbocycles. The molecule has 0 unspecified atom stereocenters. The molecule has 3 nitrogen and oxygen atoms in total. The molecule has 72 valence electrons. The van der Waals surface area contributed by atoms with Gasteiger partial charge in [-0.3, -0.25) is 4.79 Å². The molecule has 0 fully saturated rings. The SMILES string of the molecule is C[C@@H]1CC2=C(COCO2)C(=O)[C@@H]1C. The number of hydrogen-bond donors (Lipinski definition) is 0. The van der Waals surface area contributed by atoms with Crippen LogP contribution >= 0.6 is 0 Å². The van der Waals surface area contributed by atoms with E-state index in [2.05, 4.69) is 6.92 Å². The van der Waals surface area contributed by atoms with Crippen molar-refractivity contribution in [2.24, 2.45) is 11.8 Å². The first kappa shape index (κ1) is 8.75. The van der Waals surface area contributed by atoms with E-state index in [-0.39, 0.29) is 11.7 Å². The van der Waals surface area contributed by atoms with E-state index in [1.165, 1.54) is 0 Å². The molecule has 0 amide bonds. The summed E-state index contributed by atoms with van der Waals surface area (Å²) >= 11 is 0. The summed E-state index contributed by atoms with van der Waals surface area (Å²) in [5.74, 6) is 1.57. The van der Waals surface area contributed by atoms with Crippen molar-refractivity contribution >= 4 is 5.78 Å². The van der Waals surface area contributed by atoms with Crippen molar-refractivity contribution in [3.8, 4) is 0 Å². The van der Waals surface area contributed by atoms with Gasteiger partial charge < -0.3 is 9.47 Å². The number of carbonyl (C=O) groups is 1. The molecule has 1 aliphatic carbocycles. The number of ketones is 1. The average molecular weight is 182 g/mol. The number of rotatable bonds is 0. The summed E-state index contributed by atoms with van der Waals surface area (Å²) in [5.41, 5.74) is 0.761. The molecule has 0 radical (unpaired) electrons. The highest BCUT2D eigenvalue weighted by molar-refractivity contribution is 5.98. The van der Waals surface area contributed by atoms with Crippen molar-refractivity contribution < 1.29 is 14.3 Å². The molecule has 2 atom stereocenters. The van der Waals surface area contributed by atoms with Gasteiger partial charge in [0.25, 0.3) is 0 Å². The fraction of sp³-hybridized carbons (Fsp3) is 0.700. The maximum Gasteiger partial charge on any atom is 0.188 e. The monoisotopic (exact) mass is 182 g/mol. The zero-order valence-electron chi connectivity index (χ0n) is 8.00. The zero-order chi connectivity index (χ0) is 9.42. The smallest absolute Gasteiger partial charge is 0.188 e. The first-order valence-corrected chi connectivity index (χ1v) is 4.67. The lowest BCUT2D eigenvalue weighted by atomic mass is 9.80. The van der Waals surface area contributed by atoms with Crippen LogP contribution < -0.4 is 0 Å². The van der Waals surface area contributed by atoms with Gasteiger partial charge in [0.2, 0.25) is 0 Å². The summed E-state index contributed by atoms with van der Waals surface area (Å²) in [7, 11) is 0. The molecule has 0 bridgehead atoms. The van der Waals surface area contributed by atoms with Gasteiger partial charge in [0.1, 0.15) is 5.76 Å². The van der Waals surface area contributed by atoms with Crippen LogP contribution in [0.5, 0.6) is 0 Å². The van der Waals surface area contributed by atoms with Crippen molar-refractivity contribution in [2.45, 2.75) is 20.3 Å². The van der Waals surface area contributed by atoms with E-state index in [9.17, 15) is 4.79 Å². The highest BCUT2D eigenvalue weighted by Crippen LogP contribution is 2.33. The van der Waals surface area contributed by atoms with E-state index in [1.807, 2.05) is 6.92 Å². The van der Waals surface area contributed by atoms with Crippen LogP contribution in [0.3, 0.4) is 0 Å². The second-order valence-corrected chi connectivity index (χ2v) is 3.85. The normalized spacial score (nSPS) is 34.2. The predicted octanol–water partition coefficient (Wildman–Crippen LogP) is 1.49. The lowest BCUT2D eigenvalue weighted by molar-refractivity contribution is -0.125. The molecule has 0 aromatic heterocycles. The van der Waals surface area contributed by atoms with Gasteiger partial charge in [0.15, 0.2) is 12.6 Å². The molecule has 2 aliphatic rings. The molecule has 0 spiro atoms. The number of ether oxygens (including phenoxy) is 2. The molecule has 0 saturated carbocycles. The average Bonchev–Trinajstić information content (AvgIpc) is 2.15. The molecule has 13 heavy (non-hydrogen) atoms. The van der Waals surface area contributed by atoms with E-state index in [1.54, 1.807) is 0 Å². The summed E-state index contributed by atoms with van der Waals surface area (Å²) in [6.07, 6.45) is 0.881. The van der Waals surface area contributed by atoms with Crippen LogP contribution in [0.2, 0.25) is 0 Å². The number of carbonyl (C=O) groups excluding carboxylic acids is 1. The first-order valence-electron chi connectivity index (χ1n) is 4.67. The van der Waals surface area contributed by atoms with Gasteiger partial charge >= 0.3 is 0 Å². The zero-order valence-corrected chi connectivity index (χ0v) is 8.00. The Balaban J connectivity index is 2.31. The van der Waals surface area contributed by atoms with Crippen LogP contribution in [0.15, 0.2) is 11.3 Å². The van der Waals surface area contributed by atoms with Gasteiger partial charge in [0.05, 0.1) is 12.2 Å². The number of Topliss-reactive ketones (excluding diaryl/α,β-unsaturated/α-hetero) is 1. The van der Waals surface area contributed by atoms with Crippen LogP contribution in [0.4, 0.5) is 0 Å². The molecule has 1 heterocycles. The standard InChI is InChI=1S/C10H14O3/c1-6-3-9-8(4-12-5-13-9)10(11)7(6)2/h6-7H,3-5H2,1-2H3/t6-,7-/m1/s1. The van der Waals surface area contributed by atoms with Crippen molar-refractivity contribution in [1.29, 1.82) is 0 Å². The highest BCUT2D eigenvalue weighted by atomic mass is 16.7. The van der Waals surface area contributed by atoms with Gasteiger partial charge in [-0.2, -0.15) is 0 Å². The van der Waals surface area contributed by atoms with Crippen LogP contribution in [0.25, 0.3) is 0 Å². The Morgan fingerprint density at radius 1 is 1.38 bits per heavy atom. The van der Waals surface area contributed by atoms with Crippen LogP contribution in [-0.2, 0) is 14.3 Å². The summed E-state index contributed by atoms with van der Waals surface area (Å²) < 4.78 is 10.4. The van der Waals surface area contributed by atoms with Gasteiger partial charge in [-0.25, -0.2) is 0 Å². The van der Waals surface area contributed by atoms with E-state index in [0.29, 0.717) is 19.3 Å². The van der Waals surface area contributed by atoms with Gasteiger partial charge in [-0.15, -0.1) is 0 Å². The van der Waals surface area contributed by atoms with Crippen molar-refractivity contribution in [1.82, 2.24) is 0 Å². The first-order chi connectivity index (χ1) is 6.20. The van der Waals surface area contributed by atoms with Crippen LogP contribution in [0.1, 0.15) is 20.3 Å². The summed E-state index contributed by atoms with van der Waals surface area (Å²) in [5, 5.41) is 0. The van der Waals surface area contributed by atoms with Crippen LogP contribution in [0, 0.1) is 11.8 Å². The molecular formula is C10H14O3. The van der Waals surface area contributed by atoms with Gasteiger partial charge in [0, 0.05) is 12.3 Å². The topological polar surface area (TPSA) is 35.5 Å². The molecule has 0 aromatic rings. The molecular weight excluding hydrogens is 168 g/mol. The summed E-state index contributed by atoms with van der Waals surface area (Å²) in [6.45, 7) is 4.80. The Morgan fingerprint density at radius 2 is 2.15 bits per heavy atom. The second kappa shape index (κ2) is 3.14. The number of allylic oxidation sites excluding steroid dienone is 1. The van der Waals surface area contributed by atoms with Crippen molar-refractivity contribution in [3.05, 3.63) is 11.3 Å². The molecule has 1 aliphatic heterocycles. The fourth-order valence-corrected chi connectivity index (χ4v) is 1.82. The molecule has 2 rings (SSSR count). The van der Waals surface area contributed by atoms with Gasteiger partial charge in [-0.05, 0) is 5.92 Å². The predicted molar refractivity (Wildman–Crippen MR) is 46.9 cm³/mol. The molecule has 0 saturated heterocycles. The Morgan fingerprint density at radius 3 is 2.92 bits per heavy atom. The minimum atomic E-state index is 0.115. The Labute approximate surface area is 77.7 Å². The quantitative estimate of drug-likeness (QED) is 0.569. The minimum absolute atomic E-state index is 0.115. The molecule has 0 N–H and O–H groups in total. The largest absolute Gasteiger partial charge is 0.471 e. The fourth-order valence-electron chi connectivity index (χ4n) is 1.82. The maximum atomic E-state index is 11.8. The Kier molecular flexibility index (Phi) is 2.12. The van der Waals surface area contributed by atoms with Crippen molar-refractivity contribution in [3.63, 3.8) is 0 Å². The third-order valence-electron chi connectivity index (χ3n) is 2.97. The van der Waals surface area contributed by atoms with E-state index >= 15 is 0 Å². The highest BCUT2D eigenvalue weighted by Gasteiger charge is 2.34. The van der Waals surface area contributed by atoms with Crippen LogP contribution in [-0.4, -0.2) is 19.2 Å². The van der Waals surface area contributed by atoms with Crippen molar-refractivity contribution in [2.75, 3.05) is 13.4 Å². The van der Waals surface area contributed by atoms with E-state index in [0.717, 1.165) is 17.8 Å². The third-order valence-corrected chi connectivity index (χ3v) is 2.97. The lowest BCUT2D eigenvalue weighted by Gasteiger charge is -2.31. The minimum Gasteiger partial charge on any atom is -0.471 e.